The molecule has 1 fully saturated rings. The van der Waals surface area contributed by atoms with E-state index in [0.29, 0.717) is 29.9 Å². The third-order valence-corrected chi connectivity index (χ3v) is 4.15. The Morgan fingerprint density at radius 3 is 2.50 bits per heavy atom. The van der Waals surface area contributed by atoms with Gasteiger partial charge in [-0.15, -0.1) is 0 Å². The molecule has 1 aromatic carbocycles. The van der Waals surface area contributed by atoms with Crippen molar-refractivity contribution in [1.82, 2.24) is 0 Å². The van der Waals surface area contributed by atoms with Gasteiger partial charge in [-0.25, -0.2) is 4.39 Å². The molecule has 0 saturated heterocycles. The van der Waals surface area contributed by atoms with Crippen molar-refractivity contribution in [3.63, 3.8) is 0 Å². The van der Waals surface area contributed by atoms with Crippen molar-refractivity contribution in [2.45, 2.75) is 51.2 Å². The summed E-state index contributed by atoms with van der Waals surface area (Å²) in [5.74, 6) is 0.322. The molecule has 18 heavy (non-hydrogen) atoms. The molecule has 1 saturated carbocycles. The van der Waals surface area contributed by atoms with Gasteiger partial charge in [-0.05, 0) is 55.7 Å². The van der Waals surface area contributed by atoms with E-state index < -0.39 is 11.7 Å². The van der Waals surface area contributed by atoms with Gasteiger partial charge in [0.25, 0.3) is 0 Å². The summed E-state index contributed by atoms with van der Waals surface area (Å²) in [5, 5.41) is 20.9. The predicted molar refractivity (Wildman–Crippen MR) is 68.7 cm³/mol. The van der Waals surface area contributed by atoms with Gasteiger partial charge in [0.2, 0.25) is 0 Å². The van der Waals surface area contributed by atoms with Crippen LogP contribution in [0.15, 0.2) is 18.2 Å². The van der Waals surface area contributed by atoms with E-state index in [2.05, 4.69) is 6.92 Å². The van der Waals surface area contributed by atoms with Crippen LogP contribution in [0.1, 0.15) is 49.8 Å². The molecule has 0 heterocycles. The fourth-order valence-corrected chi connectivity index (χ4v) is 2.68. The molecule has 0 amide bonds. The normalized spacial score (nSPS) is 30.2. The Balaban J connectivity index is 2.19. The minimum Gasteiger partial charge on any atom is -0.387 e. The van der Waals surface area contributed by atoms with E-state index in [-0.39, 0.29) is 5.82 Å². The fraction of sp³-hybridized carbons (Fsp3) is 0.600. The monoisotopic (exact) mass is 252 g/mol. The first-order valence-electron chi connectivity index (χ1n) is 6.59. The molecule has 1 aliphatic carbocycles. The maximum atomic E-state index is 13.2. The van der Waals surface area contributed by atoms with Gasteiger partial charge >= 0.3 is 0 Å². The molecule has 100 valence electrons. The first-order chi connectivity index (χ1) is 8.42. The first-order valence-corrected chi connectivity index (χ1v) is 6.59. The summed E-state index contributed by atoms with van der Waals surface area (Å²) in [6.07, 6.45) is 2.13. The van der Waals surface area contributed by atoms with Crippen molar-refractivity contribution in [2.75, 3.05) is 0 Å². The SMILES string of the molecule is Cc1cc(C(O)C2(O)CCC(C)CC2)ccc1F. The average Bonchev–Trinajstić information content (AvgIpc) is 2.36. The molecule has 0 radical (unpaired) electrons. The average molecular weight is 252 g/mol. The Morgan fingerprint density at radius 2 is 1.94 bits per heavy atom. The van der Waals surface area contributed by atoms with Crippen molar-refractivity contribution in [3.05, 3.63) is 35.1 Å². The molecule has 0 aliphatic heterocycles. The Hall–Kier alpha value is -0.930. The lowest BCUT2D eigenvalue weighted by Crippen LogP contribution is -2.39. The maximum absolute atomic E-state index is 13.2. The second kappa shape index (κ2) is 4.98. The summed E-state index contributed by atoms with van der Waals surface area (Å²) in [4.78, 5) is 0. The van der Waals surface area contributed by atoms with Gasteiger partial charge in [-0.2, -0.15) is 0 Å². The summed E-state index contributed by atoms with van der Waals surface area (Å²) in [7, 11) is 0. The highest BCUT2D eigenvalue weighted by molar-refractivity contribution is 5.27. The van der Waals surface area contributed by atoms with E-state index in [4.69, 9.17) is 0 Å². The van der Waals surface area contributed by atoms with E-state index in [9.17, 15) is 14.6 Å². The molecule has 1 aromatic rings. The number of aliphatic hydroxyl groups excluding tert-OH is 1. The van der Waals surface area contributed by atoms with Crippen LogP contribution in [0.2, 0.25) is 0 Å². The number of aliphatic hydroxyl groups is 2. The van der Waals surface area contributed by atoms with E-state index in [1.165, 1.54) is 6.07 Å². The maximum Gasteiger partial charge on any atom is 0.126 e. The number of hydrogen-bond donors (Lipinski definition) is 2. The number of rotatable bonds is 2. The highest BCUT2D eigenvalue weighted by Crippen LogP contribution is 2.40. The van der Waals surface area contributed by atoms with E-state index in [0.717, 1.165) is 12.8 Å². The molecule has 3 heteroatoms. The zero-order chi connectivity index (χ0) is 13.3. The topological polar surface area (TPSA) is 40.5 Å². The predicted octanol–water partition coefficient (Wildman–Crippen LogP) is 3.11. The molecular weight excluding hydrogens is 231 g/mol. The molecule has 1 unspecified atom stereocenters. The standard InChI is InChI=1S/C15H21FO2/c1-10-5-7-15(18,8-6-10)14(17)12-3-4-13(16)11(2)9-12/h3-4,9-10,14,17-18H,5-8H2,1-2H3. The molecule has 0 bridgehead atoms. The fourth-order valence-electron chi connectivity index (χ4n) is 2.68. The van der Waals surface area contributed by atoms with Gasteiger partial charge in [-0.1, -0.05) is 19.1 Å². The van der Waals surface area contributed by atoms with Crippen LogP contribution in [0.25, 0.3) is 0 Å². The summed E-state index contributed by atoms with van der Waals surface area (Å²) in [6, 6.07) is 4.53. The minimum absolute atomic E-state index is 0.282. The third kappa shape index (κ3) is 2.57. The quantitative estimate of drug-likeness (QED) is 0.849. The van der Waals surface area contributed by atoms with Crippen LogP contribution < -0.4 is 0 Å². The lowest BCUT2D eigenvalue weighted by Gasteiger charge is -2.38. The Morgan fingerprint density at radius 1 is 1.33 bits per heavy atom. The van der Waals surface area contributed by atoms with Gasteiger partial charge in [0.1, 0.15) is 11.9 Å². The number of hydrogen-bond acceptors (Lipinski definition) is 2. The van der Waals surface area contributed by atoms with Crippen molar-refractivity contribution < 1.29 is 14.6 Å². The van der Waals surface area contributed by atoms with E-state index in [1.54, 1.807) is 19.1 Å². The van der Waals surface area contributed by atoms with Gasteiger partial charge in [-0.3, -0.25) is 0 Å². The summed E-state index contributed by atoms with van der Waals surface area (Å²) in [6.45, 7) is 3.83. The highest BCUT2D eigenvalue weighted by atomic mass is 19.1. The van der Waals surface area contributed by atoms with Crippen LogP contribution >= 0.6 is 0 Å². The summed E-state index contributed by atoms with van der Waals surface area (Å²) >= 11 is 0. The first kappa shape index (κ1) is 13.5. The Labute approximate surface area is 107 Å². The Kier molecular flexibility index (Phi) is 3.74. The van der Waals surface area contributed by atoms with Crippen LogP contribution in [0, 0.1) is 18.7 Å². The second-order valence-corrected chi connectivity index (χ2v) is 5.70. The van der Waals surface area contributed by atoms with Crippen LogP contribution in [-0.4, -0.2) is 15.8 Å². The molecule has 2 nitrogen and oxygen atoms in total. The van der Waals surface area contributed by atoms with Crippen LogP contribution in [0.3, 0.4) is 0 Å². The van der Waals surface area contributed by atoms with Crippen LogP contribution in [-0.2, 0) is 0 Å². The summed E-state index contributed by atoms with van der Waals surface area (Å²) < 4.78 is 13.2. The number of aryl methyl sites for hydroxylation is 1. The second-order valence-electron chi connectivity index (χ2n) is 5.70. The molecule has 2 rings (SSSR count). The lowest BCUT2D eigenvalue weighted by atomic mass is 9.75. The molecule has 1 atom stereocenters. The molecule has 0 spiro atoms. The van der Waals surface area contributed by atoms with Gasteiger partial charge in [0, 0.05) is 0 Å². The van der Waals surface area contributed by atoms with E-state index >= 15 is 0 Å². The zero-order valence-corrected chi connectivity index (χ0v) is 11.0. The molecule has 0 aromatic heterocycles. The van der Waals surface area contributed by atoms with Gasteiger partial charge in [0.05, 0.1) is 5.60 Å². The zero-order valence-electron chi connectivity index (χ0n) is 11.0. The van der Waals surface area contributed by atoms with Crippen LogP contribution in [0.4, 0.5) is 4.39 Å². The van der Waals surface area contributed by atoms with Gasteiger partial charge < -0.3 is 10.2 Å². The number of halogens is 1. The van der Waals surface area contributed by atoms with Crippen LogP contribution in [0.5, 0.6) is 0 Å². The van der Waals surface area contributed by atoms with Crippen molar-refractivity contribution >= 4 is 0 Å². The molecule has 2 N–H and O–H groups in total. The minimum atomic E-state index is -1.06. The third-order valence-electron chi connectivity index (χ3n) is 4.15. The summed E-state index contributed by atoms with van der Waals surface area (Å²) in [5.41, 5.74) is 0.0434. The largest absolute Gasteiger partial charge is 0.387 e. The Bertz CT molecular complexity index is 423. The van der Waals surface area contributed by atoms with Crippen molar-refractivity contribution in [3.8, 4) is 0 Å². The molecular formula is C15H21FO2. The lowest BCUT2D eigenvalue weighted by molar-refractivity contribution is -0.105. The smallest absolute Gasteiger partial charge is 0.126 e. The highest BCUT2D eigenvalue weighted by Gasteiger charge is 2.39. The number of benzene rings is 1. The van der Waals surface area contributed by atoms with Gasteiger partial charge in [0.15, 0.2) is 0 Å². The van der Waals surface area contributed by atoms with Crippen molar-refractivity contribution in [2.24, 2.45) is 5.92 Å². The van der Waals surface area contributed by atoms with Crippen molar-refractivity contribution in [1.29, 1.82) is 0 Å². The molecule has 1 aliphatic rings. The van der Waals surface area contributed by atoms with E-state index in [1.807, 2.05) is 0 Å².